The smallest absolute Gasteiger partial charge is 0.255 e. The first-order valence-electron chi connectivity index (χ1n) is 7.79. The van der Waals surface area contributed by atoms with Crippen LogP contribution in [0.4, 0.5) is 0 Å². The standard InChI is InChI=1S/C16H24N2O2/c17-11-13-5-4-10-18(15(13)19)12-14-6-9-16(20-14)7-2-1-3-8-16/h4-5,10,14H,1-3,6-9,11-12,17H2. The maximum atomic E-state index is 12.2. The predicted molar refractivity (Wildman–Crippen MR) is 78.5 cm³/mol. The zero-order chi connectivity index (χ0) is 14.0. The molecule has 1 aliphatic carbocycles. The lowest BCUT2D eigenvalue weighted by Crippen LogP contribution is -2.34. The van der Waals surface area contributed by atoms with Crippen molar-refractivity contribution in [3.63, 3.8) is 0 Å². The van der Waals surface area contributed by atoms with Crippen molar-refractivity contribution in [1.82, 2.24) is 4.57 Å². The first kappa shape index (κ1) is 13.8. The average molecular weight is 276 g/mol. The first-order valence-corrected chi connectivity index (χ1v) is 7.79. The maximum Gasteiger partial charge on any atom is 0.255 e. The summed E-state index contributed by atoms with van der Waals surface area (Å²) in [5, 5.41) is 0. The molecular weight excluding hydrogens is 252 g/mol. The summed E-state index contributed by atoms with van der Waals surface area (Å²) >= 11 is 0. The third kappa shape index (κ3) is 2.67. The number of pyridine rings is 1. The quantitative estimate of drug-likeness (QED) is 0.920. The molecule has 1 atom stereocenters. The van der Waals surface area contributed by atoms with Gasteiger partial charge >= 0.3 is 0 Å². The number of rotatable bonds is 3. The molecule has 2 fully saturated rings. The summed E-state index contributed by atoms with van der Waals surface area (Å²) in [5.41, 5.74) is 6.43. The Balaban J connectivity index is 1.69. The number of hydrogen-bond donors (Lipinski definition) is 1. The van der Waals surface area contributed by atoms with Crippen LogP contribution in [0.5, 0.6) is 0 Å². The topological polar surface area (TPSA) is 57.2 Å². The Morgan fingerprint density at radius 1 is 1.30 bits per heavy atom. The molecule has 0 amide bonds. The summed E-state index contributed by atoms with van der Waals surface area (Å²) < 4.78 is 8.09. The van der Waals surface area contributed by atoms with E-state index in [0.29, 0.717) is 18.7 Å². The molecular formula is C16H24N2O2. The molecule has 2 aliphatic rings. The molecule has 2 heterocycles. The van der Waals surface area contributed by atoms with Gasteiger partial charge in [-0.05, 0) is 31.7 Å². The van der Waals surface area contributed by atoms with E-state index in [9.17, 15) is 4.79 Å². The normalized spacial score (nSPS) is 25.1. The Bertz CT molecular complexity index is 517. The Morgan fingerprint density at radius 2 is 2.10 bits per heavy atom. The van der Waals surface area contributed by atoms with Crippen LogP contribution in [0.1, 0.15) is 50.5 Å². The van der Waals surface area contributed by atoms with Gasteiger partial charge in [0.2, 0.25) is 0 Å². The fourth-order valence-corrected chi connectivity index (χ4v) is 3.69. The van der Waals surface area contributed by atoms with Gasteiger partial charge in [0.1, 0.15) is 0 Å². The third-order valence-corrected chi connectivity index (χ3v) is 4.82. The molecule has 4 nitrogen and oxygen atoms in total. The Kier molecular flexibility index (Phi) is 3.94. The van der Waals surface area contributed by atoms with Gasteiger partial charge in [-0.3, -0.25) is 4.79 Å². The van der Waals surface area contributed by atoms with Crippen LogP contribution in [-0.4, -0.2) is 16.3 Å². The Labute approximate surface area is 119 Å². The van der Waals surface area contributed by atoms with Gasteiger partial charge in [-0.25, -0.2) is 0 Å². The van der Waals surface area contributed by atoms with Gasteiger partial charge in [0.15, 0.2) is 0 Å². The molecule has 1 unspecified atom stereocenters. The lowest BCUT2D eigenvalue weighted by molar-refractivity contribution is -0.0682. The maximum absolute atomic E-state index is 12.2. The van der Waals surface area contributed by atoms with E-state index < -0.39 is 0 Å². The van der Waals surface area contributed by atoms with Gasteiger partial charge in [0.25, 0.3) is 5.56 Å². The number of aromatic nitrogens is 1. The highest BCUT2D eigenvalue weighted by molar-refractivity contribution is 5.10. The van der Waals surface area contributed by atoms with Crippen molar-refractivity contribution in [2.24, 2.45) is 5.73 Å². The van der Waals surface area contributed by atoms with Crippen LogP contribution >= 0.6 is 0 Å². The molecule has 0 bridgehead atoms. The van der Waals surface area contributed by atoms with Crippen molar-refractivity contribution < 1.29 is 4.74 Å². The Hall–Kier alpha value is -1.13. The van der Waals surface area contributed by atoms with E-state index in [-0.39, 0.29) is 17.3 Å². The third-order valence-electron chi connectivity index (χ3n) is 4.82. The molecule has 1 saturated carbocycles. The summed E-state index contributed by atoms with van der Waals surface area (Å²) in [6, 6.07) is 3.70. The number of ether oxygens (including phenoxy) is 1. The van der Waals surface area contributed by atoms with Crippen molar-refractivity contribution in [3.05, 3.63) is 34.2 Å². The van der Waals surface area contributed by atoms with E-state index in [2.05, 4.69) is 0 Å². The van der Waals surface area contributed by atoms with E-state index in [4.69, 9.17) is 10.5 Å². The van der Waals surface area contributed by atoms with E-state index >= 15 is 0 Å². The Morgan fingerprint density at radius 3 is 2.85 bits per heavy atom. The van der Waals surface area contributed by atoms with Crippen LogP contribution in [0, 0.1) is 0 Å². The number of nitrogens with zero attached hydrogens (tertiary/aromatic N) is 1. The first-order chi connectivity index (χ1) is 9.72. The minimum Gasteiger partial charge on any atom is -0.370 e. The van der Waals surface area contributed by atoms with E-state index in [1.807, 2.05) is 12.3 Å². The molecule has 1 saturated heterocycles. The SMILES string of the molecule is NCc1cccn(CC2CCC3(CCCCC3)O2)c1=O. The molecule has 1 aliphatic heterocycles. The second-order valence-corrected chi connectivity index (χ2v) is 6.22. The molecule has 4 heteroatoms. The molecule has 20 heavy (non-hydrogen) atoms. The fourth-order valence-electron chi connectivity index (χ4n) is 3.69. The van der Waals surface area contributed by atoms with E-state index in [1.54, 1.807) is 10.6 Å². The number of nitrogens with two attached hydrogens (primary N) is 1. The van der Waals surface area contributed by atoms with Gasteiger partial charge in [0.05, 0.1) is 18.2 Å². The van der Waals surface area contributed by atoms with Gasteiger partial charge in [-0.1, -0.05) is 25.3 Å². The predicted octanol–water partition coefficient (Wildman–Crippen LogP) is 2.19. The summed E-state index contributed by atoms with van der Waals surface area (Å²) in [7, 11) is 0. The minimum atomic E-state index is 0.0307. The molecule has 1 spiro atoms. The highest BCUT2D eigenvalue weighted by atomic mass is 16.5. The molecule has 0 aromatic carbocycles. The van der Waals surface area contributed by atoms with Crippen molar-refractivity contribution >= 4 is 0 Å². The van der Waals surface area contributed by atoms with Crippen LogP contribution in [0.15, 0.2) is 23.1 Å². The summed E-state index contributed by atoms with van der Waals surface area (Å²) in [5.74, 6) is 0. The van der Waals surface area contributed by atoms with Crippen LogP contribution in [-0.2, 0) is 17.8 Å². The monoisotopic (exact) mass is 276 g/mol. The van der Waals surface area contributed by atoms with E-state index in [0.717, 1.165) is 12.8 Å². The lowest BCUT2D eigenvalue weighted by atomic mass is 9.83. The number of hydrogen-bond acceptors (Lipinski definition) is 3. The molecule has 1 aromatic rings. The van der Waals surface area contributed by atoms with Crippen molar-refractivity contribution in [2.75, 3.05) is 0 Å². The highest BCUT2D eigenvalue weighted by Crippen LogP contribution is 2.42. The van der Waals surface area contributed by atoms with Gasteiger partial charge in [-0.2, -0.15) is 0 Å². The molecule has 0 radical (unpaired) electrons. The van der Waals surface area contributed by atoms with Crippen molar-refractivity contribution in [1.29, 1.82) is 0 Å². The van der Waals surface area contributed by atoms with Crippen LogP contribution < -0.4 is 11.3 Å². The summed E-state index contributed by atoms with van der Waals surface area (Å²) in [6.07, 6.45) is 10.6. The van der Waals surface area contributed by atoms with Crippen LogP contribution in [0.25, 0.3) is 0 Å². The summed E-state index contributed by atoms with van der Waals surface area (Å²) in [4.78, 5) is 12.2. The highest BCUT2D eigenvalue weighted by Gasteiger charge is 2.40. The lowest BCUT2D eigenvalue weighted by Gasteiger charge is -2.33. The van der Waals surface area contributed by atoms with Crippen LogP contribution in [0.2, 0.25) is 0 Å². The zero-order valence-corrected chi connectivity index (χ0v) is 12.0. The van der Waals surface area contributed by atoms with Crippen molar-refractivity contribution in [3.8, 4) is 0 Å². The molecule has 3 rings (SSSR count). The van der Waals surface area contributed by atoms with Gasteiger partial charge in [-0.15, -0.1) is 0 Å². The second kappa shape index (κ2) is 5.70. The summed E-state index contributed by atoms with van der Waals surface area (Å²) in [6.45, 7) is 0.962. The average Bonchev–Trinajstić information content (AvgIpc) is 2.84. The second-order valence-electron chi connectivity index (χ2n) is 6.22. The van der Waals surface area contributed by atoms with Crippen LogP contribution in [0.3, 0.4) is 0 Å². The van der Waals surface area contributed by atoms with Crippen molar-refractivity contribution in [2.45, 2.75) is 69.7 Å². The molecule has 110 valence electrons. The fraction of sp³-hybridized carbons (Fsp3) is 0.688. The van der Waals surface area contributed by atoms with E-state index in [1.165, 1.54) is 32.1 Å². The molecule has 2 N–H and O–H groups in total. The largest absolute Gasteiger partial charge is 0.370 e. The van der Waals surface area contributed by atoms with Gasteiger partial charge < -0.3 is 15.0 Å². The van der Waals surface area contributed by atoms with Gasteiger partial charge in [0, 0.05) is 18.3 Å². The zero-order valence-electron chi connectivity index (χ0n) is 12.0. The molecule has 1 aromatic heterocycles. The minimum absolute atomic E-state index is 0.0307.